The first-order valence-electron chi connectivity index (χ1n) is 24.4. The van der Waals surface area contributed by atoms with Gasteiger partial charge in [-0.1, -0.05) is 0 Å². The predicted octanol–water partition coefficient (Wildman–Crippen LogP) is -13.7. The summed E-state index contributed by atoms with van der Waals surface area (Å²) < 4.78 is 58.0. The van der Waals surface area contributed by atoms with Crippen LogP contribution in [0.2, 0.25) is 0 Å². The summed E-state index contributed by atoms with van der Waals surface area (Å²) in [6.07, 6.45) is -58.5. The van der Waals surface area contributed by atoms with E-state index in [-0.39, 0.29) is 6.29 Å². The van der Waals surface area contributed by atoms with Crippen molar-refractivity contribution in [3.63, 3.8) is 0 Å². The molecule has 0 spiro atoms. The molecule has 452 valence electrons. The monoisotopic (exact) mass is 1140 g/mol. The van der Waals surface area contributed by atoms with Gasteiger partial charge in [0, 0.05) is 20.3 Å². The molecular formula is C43H72N2O33. The van der Waals surface area contributed by atoms with Crippen LogP contribution in [0.1, 0.15) is 27.2 Å². The summed E-state index contributed by atoms with van der Waals surface area (Å²) in [5.41, 5.74) is 0. The average Bonchev–Trinajstić information content (AvgIpc) is 3.44. The summed E-state index contributed by atoms with van der Waals surface area (Å²) in [4.78, 5) is 49.7. The normalized spacial score (nSPS) is 43.8. The standard InChI is InChI=1S/C43H72N2O33/c1-11-23(58)28(63)29(64)39(69-11)75-35-22(45-13(3)53)38(76-36-26(61)18(8-49)70-40(30(36)65)73-32(17(57)7-48)24(59)15(55)5-46)72-20(10-51)33(35)74-41-31(66)37(27(62)19(9-50)71-41)78-43(42(67)68)4-14(54)21(44-12(2)52)34(77-43)25(60)16(56)6-47/h5,11,14-41,47-51,54-66H,4,6-10H2,1-3H3,(H,44,52)(H,45,53)(H,67,68)/t11-,14-,15-,16+,17+,18+,19+,20+,21+,22+,23+,24+,25+,26-,27-,28+,29-,30+,31+,32+,33+,34+,35+,36-,37-,38-,39-,40-,41-,43-/m0/s1. The van der Waals surface area contributed by atoms with E-state index in [4.69, 9.17) is 47.4 Å². The van der Waals surface area contributed by atoms with E-state index in [1.54, 1.807) is 0 Å². The lowest BCUT2D eigenvalue weighted by Gasteiger charge is -2.52. The molecular weight excluding hydrogens is 1070 g/mol. The second-order valence-electron chi connectivity index (χ2n) is 19.3. The second kappa shape index (κ2) is 28.3. The number of rotatable bonds is 24. The van der Waals surface area contributed by atoms with E-state index in [1.165, 1.54) is 6.92 Å². The van der Waals surface area contributed by atoms with E-state index in [9.17, 15) is 116 Å². The fraction of sp³-hybridized carbons (Fsp3) is 0.907. The second-order valence-corrected chi connectivity index (χ2v) is 19.3. The number of carboxylic acid groups (broad SMARTS) is 1. The number of carboxylic acids is 1. The number of carbonyl (C=O) groups excluding carboxylic acids is 3. The summed E-state index contributed by atoms with van der Waals surface area (Å²) in [5, 5.41) is 208. The lowest BCUT2D eigenvalue weighted by atomic mass is 9.88. The van der Waals surface area contributed by atoms with Crippen LogP contribution in [0.25, 0.3) is 0 Å². The number of amides is 2. The van der Waals surface area contributed by atoms with Crippen LogP contribution in [-0.4, -0.2) is 338 Å². The summed E-state index contributed by atoms with van der Waals surface area (Å²) in [5.74, 6) is -7.21. The van der Waals surface area contributed by atoms with Crippen LogP contribution < -0.4 is 10.6 Å². The Kier molecular flexibility index (Phi) is 23.9. The third-order valence-corrected chi connectivity index (χ3v) is 13.7. The first kappa shape index (κ1) is 65.8. The van der Waals surface area contributed by atoms with E-state index in [1.807, 2.05) is 0 Å². The van der Waals surface area contributed by atoms with E-state index >= 15 is 0 Å². The highest BCUT2D eigenvalue weighted by Gasteiger charge is 2.62. The predicted molar refractivity (Wildman–Crippen MR) is 239 cm³/mol. The summed E-state index contributed by atoms with van der Waals surface area (Å²) in [6, 6.07) is -3.69. The van der Waals surface area contributed by atoms with Crippen molar-refractivity contribution in [2.75, 3.05) is 33.0 Å². The van der Waals surface area contributed by atoms with E-state index in [2.05, 4.69) is 10.6 Å². The smallest absolute Gasteiger partial charge is 0.364 e. The number of nitrogens with one attached hydrogen (secondary N) is 2. The van der Waals surface area contributed by atoms with Gasteiger partial charge in [-0.3, -0.25) is 9.59 Å². The van der Waals surface area contributed by atoms with Crippen LogP contribution in [0.5, 0.6) is 0 Å². The third kappa shape index (κ3) is 14.4. The number of aliphatic hydroxyl groups is 18. The SMILES string of the molecule is CC(=O)N[C@H]1[C@H](O[C@H]2[C@@H](O)[C@@H](CO)O[C@@H](O[C@@H]([C@H](O)[C@@H](O)C=O)[C@H](O)CO)[C@@H]2O)O[C@H](CO)[C@@H](O[C@@H]2O[C@H](CO)[C@H](O)[C@H](O[C@]3(C(=O)O)C[C@H](O)[C@@H](NC(C)=O)[C@H]([C@H](O)[C@H](O)CO)O3)[C@H]2O)[C@@H]1O[C@@H]1O[C@@H](C)[C@@H](O)[C@@H](O)[C@@H]1O. The van der Waals surface area contributed by atoms with Gasteiger partial charge in [-0.15, -0.1) is 0 Å². The first-order valence-corrected chi connectivity index (χ1v) is 24.4. The fourth-order valence-corrected chi connectivity index (χ4v) is 9.50. The Labute approximate surface area is 441 Å². The third-order valence-electron chi connectivity index (χ3n) is 13.7. The summed E-state index contributed by atoms with van der Waals surface area (Å²) in [7, 11) is 0. The zero-order valence-corrected chi connectivity index (χ0v) is 41.8. The molecule has 5 aliphatic rings. The van der Waals surface area contributed by atoms with Crippen LogP contribution in [0.15, 0.2) is 0 Å². The van der Waals surface area contributed by atoms with Gasteiger partial charge in [0.2, 0.25) is 11.8 Å². The van der Waals surface area contributed by atoms with Crippen LogP contribution >= 0.6 is 0 Å². The van der Waals surface area contributed by atoms with Crippen LogP contribution in [0.3, 0.4) is 0 Å². The van der Waals surface area contributed by atoms with Gasteiger partial charge in [0.1, 0.15) is 134 Å². The molecule has 0 aliphatic carbocycles. The minimum absolute atomic E-state index is 0.163. The van der Waals surface area contributed by atoms with Crippen molar-refractivity contribution >= 4 is 24.1 Å². The molecule has 0 aromatic heterocycles. The highest BCUT2D eigenvalue weighted by atomic mass is 16.8. The van der Waals surface area contributed by atoms with Gasteiger partial charge in [0.05, 0.1) is 51.3 Å². The minimum Gasteiger partial charge on any atom is -0.477 e. The molecule has 5 fully saturated rings. The molecule has 0 aromatic rings. The van der Waals surface area contributed by atoms with Crippen LogP contribution in [0.4, 0.5) is 0 Å². The number of ether oxygens (including phenoxy) is 10. The molecule has 5 rings (SSSR count). The van der Waals surface area contributed by atoms with E-state index in [0.717, 1.165) is 13.8 Å². The van der Waals surface area contributed by atoms with Crippen molar-refractivity contribution < 1.29 is 164 Å². The van der Waals surface area contributed by atoms with Crippen molar-refractivity contribution in [1.29, 1.82) is 0 Å². The number of carbonyl (C=O) groups is 4. The quantitative estimate of drug-likeness (QED) is 0.0399. The number of aliphatic hydroxyl groups excluding tert-OH is 18. The molecule has 5 saturated heterocycles. The first-order chi connectivity index (χ1) is 36.6. The molecule has 35 heteroatoms. The van der Waals surface area contributed by atoms with Gasteiger partial charge in [0.15, 0.2) is 31.4 Å². The molecule has 5 aliphatic heterocycles. The van der Waals surface area contributed by atoms with Crippen molar-refractivity contribution in [1.82, 2.24) is 10.6 Å². The molecule has 0 unspecified atom stereocenters. The van der Waals surface area contributed by atoms with Gasteiger partial charge in [-0.2, -0.15) is 0 Å². The Morgan fingerprint density at radius 1 is 0.603 bits per heavy atom. The highest BCUT2D eigenvalue weighted by Crippen LogP contribution is 2.40. The van der Waals surface area contributed by atoms with Crippen LogP contribution in [0, 0.1) is 0 Å². The van der Waals surface area contributed by atoms with Gasteiger partial charge in [-0.05, 0) is 6.92 Å². The van der Waals surface area contributed by atoms with Crippen molar-refractivity contribution in [2.24, 2.45) is 0 Å². The lowest BCUT2D eigenvalue weighted by molar-refractivity contribution is -0.398. The maximum Gasteiger partial charge on any atom is 0.364 e. The molecule has 0 bridgehead atoms. The maximum absolute atomic E-state index is 13.1. The topological polar surface area (TPSA) is 569 Å². The van der Waals surface area contributed by atoms with Crippen molar-refractivity contribution in [3.8, 4) is 0 Å². The minimum atomic E-state index is -3.26. The largest absolute Gasteiger partial charge is 0.477 e. The maximum atomic E-state index is 13.1. The van der Waals surface area contributed by atoms with Crippen molar-refractivity contribution in [2.45, 2.75) is 211 Å². The Balaban J connectivity index is 1.57. The number of aldehydes is 1. The average molecular weight is 1150 g/mol. The van der Waals surface area contributed by atoms with Gasteiger partial charge < -0.3 is 160 Å². The zero-order chi connectivity index (χ0) is 58.4. The Morgan fingerprint density at radius 2 is 1.10 bits per heavy atom. The molecule has 0 radical (unpaired) electrons. The Hall–Kier alpha value is -3.04. The van der Waals surface area contributed by atoms with Gasteiger partial charge in [-0.25, -0.2) is 4.79 Å². The molecule has 35 nitrogen and oxygen atoms in total. The molecule has 0 aromatic carbocycles. The summed E-state index contributed by atoms with van der Waals surface area (Å²) in [6.45, 7) is -2.73. The zero-order valence-electron chi connectivity index (χ0n) is 41.8. The van der Waals surface area contributed by atoms with Gasteiger partial charge in [0.25, 0.3) is 5.79 Å². The Bertz CT molecular complexity index is 1930. The lowest BCUT2D eigenvalue weighted by Crippen LogP contribution is -2.72. The fourth-order valence-electron chi connectivity index (χ4n) is 9.50. The van der Waals surface area contributed by atoms with E-state index in [0.29, 0.717) is 0 Å². The number of hydrogen-bond acceptors (Lipinski definition) is 32. The number of aliphatic carboxylic acids is 1. The molecule has 5 heterocycles. The Morgan fingerprint density at radius 3 is 1.64 bits per heavy atom. The molecule has 21 N–H and O–H groups in total. The van der Waals surface area contributed by atoms with Crippen LogP contribution in [-0.2, 0) is 66.5 Å². The molecule has 78 heavy (non-hydrogen) atoms. The van der Waals surface area contributed by atoms with E-state index < -0.39 is 241 Å². The number of hydrogen-bond donors (Lipinski definition) is 21. The van der Waals surface area contributed by atoms with Gasteiger partial charge >= 0.3 is 5.97 Å². The highest BCUT2D eigenvalue weighted by molar-refractivity contribution is 5.76. The van der Waals surface area contributed by atoms with Crippen molar-refractivity contribution in [3.05, 3.63) is 0 Å². The molecule has 30 atom stereocenters. The molecule has 0 saturated carbocycles. The molecule has 2 amide bonds. The summed E-state index contributed by atoms with van der Waals surface area (Å²) >= 11 is 0.